The molecule has 0 spiro atoms. The van der Waals surface area contributed by atoms with Gasteiger partial charge in [0, 0.05) is 44.0 Å². The van der Waals surface area contributed by atoms with Gasteiger partial charge in [0.05, 0.1) is 18.1 Å². The summed E-state index contributed by atoms with van der Waals surface area (Å²) in [6, 6.07) is 10.2. The molecule has 1 unspecified atom stereocenters. The SMILES string of the molecule is CCC(C)Nc1c(C=N)nc(N2CCN(C)C(=O)C2)nc1N[C@H](C)c1cnc2ccccc2c1. The van der Waals surface area contributed by atoms with Crippen molar-refractivity contribution in [3.63, 3.8) is 0 Å². The Labute approximate surface area is 200 Å². The number of para-hydroxylation sites is 1. The van der Waals surface area contributed by atoms with E-state index in [4.69, 9.17) is 10.4 Å². The quantitative estimate of drug-likeness (QED) is 0.440. The third-order valence-electron chi connectivity index (χ3n) is 6.27. The number of rotatable bonds is 8. The Kier molecular flexibility index (Phi) is 6.90. The molecule has 2 aromatic heterocycles. The number of aromatic nitrogens is 3. The van der Waals surface area contributed by atoms with Crippen molar-refractivity contribution in [2.24, 2.45) is 0 Å². The molecule has 1 fully saturated rings. The van der Waals surface area contributed by atoms with Crippen LogP contribution in [0.25, 0.3) is 10.9 Å². The summed E-state index contributed by atoms with van der Waals surface area (Å²) >= 11 is 0. The average molecular weight is 461 g/mol. The molecular weight excluding hydrogens is 428 g/mol. The summed E-state index contributed by atoms with van der Waals surface area (Å²) in [6.07, 6.45) is 4.03. The van der Waals surface area contributed by atoms with Crippen LogP contribution >= 0.6 is 0 Å². The van der Waals surface area contributed by atoms with E-state index in [2.05, 4.69) is 53.5 Å². The maximum Gasteiger partial charge on any atom is 0.242 e. The molecule has 1 aliphatic rings. The Bertz CT molecular complexity index is 1200. The Morgan fingerprint density at radius 2 is 1.97 bits per heavy atom. The summed E-state index contributed by atoms with van der Waals surface area (Å²) in [5.41, 5.74) is 3.16. The van der Waals surface area contributed by atoms with E-state index >= 15 is 0 Å². The standard InChI is InChI=1S/C25H32N8O/c1-5-16(2)28-23-21(13-26)30-25(33-11-10-32(4)22(34)15-33)31-24(23)29-17(3)19-12-18-8-6-7-9-20(18)27-14-19/h6-9,12-14,16-17,26,28H,5,10-11,15H2,1-4H3,(H,29,30,31)/t16?,17-/m1/s1. The zero-order valence-corrected chi connectivity index (χ0v) is 20.2. The van der Waals surface area contributed by atoms with Gasteiger partial charge in [0.1, 0.15) is 11.4 Å². The molecule has 34 heavy (non-hydrogen) atoms. The van der Waals surface area contributed by atoms with Crippen LogP contribution in [0.5, 0.6) is 0 Å². The molecule has 1 aliphatic heterocycles. The molecule has 0 radical (unpaired) electrons. The molecule has 2 atom stereocenters. The van der Waals surface area contributed by atoms with Crippen LogP contribution in [0.15, 0.2) is 36.5 Å². The number of pyridine rings is 1. The van der Waals surface area contributed by atoms with Gasteiger partial charge >= 0.3 is 0 Å². The first-order chi connectivity index (χ1) is 16.4. The number of amides is 1. The van der Waals surface area contributed by atoms with Crippen molar-refractivity contribution in [3.8, 4) is 0 Å². The van der Waals surface area contributed by atoms with E-state index in [1.807, 2.05) is 29.3 Å². The number of benzene rings is 1. The minimum absolute atomic E-state index is 0.0261. The van der Waals surface area contributed by atoms with Gasteiger partial charge in [-0.2, -0.15) is 4.98 Å². The van der Waals surface area contributed by atoms with Gasteiger partial charge in [0.15, 0.2) is 5.82 Å². The fourth-order valence-corrected chi connectivity index (χ4v) is 3.85. The highest BCUT2D eigenvalue weighted by Gasteiger charge is 2.25. The van der Waals surface area contributed by atoms with E-state index in [1.165, 1.54) is 6.21 Å². The lowest BCUT2D eigenvalue weighted by atomic mass is 10.1. The zero-order chi connectivity index (χ0) is 24.2. The molecule has 1 aromatic carbocycles. The lowest BCUT2D eigenvalue weighted by Gasteiger charge is -2.32. The summed E-state index contributed by atoms with van der Waals surface area (Å²) in [5, 5.41) is 16.1. The fourth-order valence-electron chi connectivity index (χ4n) is 3.85. The third-order valence-corrected chi connectivity index (χ3v) is 6.27. The number of fused-ring (bicyclic) bond motifs is 1. The molecule has 0 bridgehead atoms. The lowest BCUT2D eigenvalue weighted by Crippen LogP contribution is -2.49. The van der Waals surface area contributed by atoms with Gasteiger partial charge in [-0.1, -0.05) is 25.1 Å². The second kappa shape index (κ2) is 10.0. The van der Waals surface area contributed by atoms with Crippen LogP contribution in [0.1, 0.15) is 44.5 Å². The first kappa shape index (κ1) is 23.4. The average Bonchev–Trinajstić information content (AvgIpc) is 2.86. The highest BCUT2D eigenvalue weighted by molar-refractivity contribution is 5.89. The van der Waals surface area contributed by atoms with Crippen molar-refractivity contribution in [3.05, 3.63) is 47.8 Å². The first-order valence-electron chi connectivity index (χ1n) is 11.7. The van der Waals surface area contributed by atoms with Crippen molar-refractivity contribution < 1.29 is 4.79 Å². The Hall–Kier alpha value is -3.75. The number of hydrogen-bond acceptors (Lipinski definition) is 8. The van der Waals surface area contributed by atoms with E-state index in [0.29, 0.717) is 36.2 Å². The van der Waals surface area contributed by atoms with Crippen LogP contribution < -0.4 is 15.5 Å². The van der Waals surface area contributed by atoms with Crippen LogP contribution in [0, 0.1) is 5.41 Å². The summed E-state index contributed by atoms with van der Waals surface area (Å²) in [4.78, 5) is 29.9. The monoisotopic (exact) mass is 460 g/mol. The molecule has 3 aromatic rings. The number of carbonyl (C=O) groups excluding carboxylic acids is 1. The number of anilines is 3. The van der Waals surface area contributed by atoms with Crippen LogP contribution in [-0.4, -0.2) is 64.7 Å². The topological polar surface area (TPSA) is 110 Å². The van der Waals surface area contributed by atoms with Crippen LogP contribution in [-0.2, 0) is 4.79 Å². The molecule has 1 saturated heterocycles. The van der Waals surface area contributed by atoms with Gasteiger partial charge in [-0.15, -0.1) is 0 Å². The van der Waals surface area contributed by atoms with Gasteiger partial charge in [0.2, 0.25) is 11.9 Å². The van der Waals surface area contributed by atoms with Crippen molar-refractivity contribution in [1.82, 2.24) is 19.9 Å². The Morgan fingerprint density at radius 1 is 1.18 bits per heavy atom. The number of hydrogen-bond donors (Lipinski definition) is 3. The number of piperazine rings is 1. The van der Waals surface area contributed by atoms with Crippen LogP contribution in [0.4, 0.5) is 17.5 Å². The van der Waals surface area contributed by atoms with Crippen molar-refractivity contribution >= 4 is 40.5 Å². The van der Waals surface area contributed by atoms with E-state index in [9.17, 15) is 4.79 Å². The smallest absolute Gasteiger partial charge is 0.242 e. The number of nitrogens with one attached hydrogen (secondary N) is 3. The second-order valence-electron chi connectivity index (χ2n) is 8.79. The lowest BCUT2D eigenvalue weighted by molar-refractivity contribution is -0.129. The first-order valence-corrected chi connectivity index (χ1v) is 11.7. The predicted octanol–water partition coefficient (Wildman–Crippen LogP) is 3.68. The molecule has 1 amide bonds. The molecule has 3 N–H and O–H groups in total. The predicted molar refractivity (Wildman–Crippen MR) is 137 cm³/mol. The summed E-state index contributed by atoms with van der Waals surface area (Å²) in [7, 11) is 1.80. The zero-order valence-electron chi connectivity index (χ0n) is 20.2. The minimum Gasteiger partial charge on any atom is -0.378 e. The van der Waals surface area contributed by atoms with Crippen molar-refractivity contribution in [1.29, 1.82) is 5.41 Å². The largest absolute Gasteiger partial charge is 0.378 e. The summed E-state index contributed by atoms with van der Waals surface area (Å²) in [6.45, 7) is 7.71. The molecule has 0 saturated carbocycles. The van der Waals surface area contributed by atoms with Crippen LogP contribution in [0.2, 0.25) is 0 Å². The highest BCUT2D eigenvalue weighted by atomic mass is 16.2. The molecule has 9 heteroatoms. The second-order valence-corrected chi connectivity index (χ2v) is 8.79. The van der Waals surface area contributed by atoms with Crippen LogP contribution in [0.3, 0.4) is 0 Å². The molecule has 3 heterocycles. The van der Waals surface area contributed by atoms with E-state index in [-0.39, 0.29) is 24.5 Å². The van der Waals surface area contributed by atoms with E-state index < -0.39 is 0 Å². The molecule has 178 valence electrons. The molecule has 0 aliphatic carbocycles. The highest BCUT2D eigenvalue weighted by Crippen LogP contribution is 2.30. The number of nitrogens with zero attached hydrogens (tertiary/aromatic N) is 5. The maximum atomic E-state index is 12.3. The number of likely N-dealkylation sites (N-methyl/N-ethyl adjacent to an activating group) is 1. The summed E-state index contributed by atoms with van der Waals surface area (Å²) in [5.74, 6) is 1.08. The Morgan fingerprint density at radius 3 is 2.71 bits per heavy atom. The Balaban J connectivity index is 1.71. The maximum absolute atomic E-state index is 12.3. The van der Waals surface area contributed by atoms with E-state index in [1.54, 1.807) is 11.9 Å². The minimum atomic E-state index is -0.0926. The molecule has 4 rings (SSSR count). The fraction of sp³-hybridized carbons (Fsp3) is 0.400. The molecule has 9 nitrogen and oxygen atoms in total. The van der Waals surface area contributed by atoms with Crippen molar-refractivity contribution in [2.75, 3.05) is 42.2 Å². The van der Waals surface area contributed by atoms with Gasteiger partial charge < -0.3 is 25.8 Å². The van der Waals surface area contributed by atoms with Gasteiger partial charge in [0.25, 0.3) is 0 Å². The summed E-state index contributed by atoms with van der Waals surface area (Å²) < 4.78 is 0. The van der Waals surface area contributed by atoms with Gasteiger partial charge in [-0.3, -0.25) is 9.78 Å². The van der Waals surface area contributed by atoms with Gasteiger partial charge in [-0.25, -0.2) is 4.98 Å². The van der Waals surface area contributed by atoms with Gasteiger partial charge in [-0.05, 0) is 38.0 Å². The third kappa shape index (κ3) is 4.93. The number of carbonyl (C=O) groups is 1. The normalized spacial score (nSPS) is 15.8. The van der Waals surface area contributed by atoms with E-state index in [0.717, 1.165) is 22.9 Å². The van der Waals surface area contributed by atoms with Crippen molar-refractivity contribution in [2.45, 2.75) is 39.3 Å². The molecular formula is C25H32N8O.